The summed E-state index contributed by atoms with van der Waals surface area (Å²) in [6, 6.07) is 8.03. The van der Waals surface area contributed by atoms with E-state index in [1.165, 1.54) is 28.6 Å². The zero-order valence-corrected chi connectivity index (χ0v) is 21.0. The van der Waals surface area contributed by atoms with Crippen molar-refractivity contribution < 1.29 is 36.9 Å². The first kappa shape index (κ1) is 27.0. The summed E-state index contributed by atoms with van der Waals surface area (Å²) in [5.74, 6) is -3.18. The third kappa shape index (κ3) is 6.27. The maximum atomic E-state index is 14.3. The van der Waals surface area contributed by atoms with Crippen molar-refractivity contribution in [3.05, 3.63) is 65.5 Å². The molecular formula is C23H24F2N4O6S2. The molecule has 37 heavy (non-hydrogen) atoms. The van der Waals surface area contributed by atoms with Gasteiger partial charge in [-0.25, -0.2) is 22.2 Å². The van der Waals surface area contributed by atoms with E-state index >= 15 is 0 Å². The standard InChI is InChI=1S/C23H24F2N4O6S2/c24-15-6-9-19(17(25)12-15)35-20(22(32)27-23-26-21(28-36-23)18(31)13-30)14-4-7-16(8-5-14)37(33,34)29-10-2-1-3-11-29/h4-9,12,18,20,30-31H,1-3,10-11,13H2,(H,26,27,28,32). The van der Waals surface area contributed by atoms with Gasteiger partial charge in [0.1, 0.15) is 11.9 Å². The second-order valence-corrected chi connectivity index (χ2v) is 10.9. The lowest BCUT2D eigenvalue weighted by Gasteiger charge is -2.26. The third-order valence-corrected chi connectivity index (χ3v) is 8.21. The molecule has 0 spiro atoms. The molecule has 198 valence electrons. The molecule has 1 saturated heterocycles. The highest BCUT2D eigenvalue weighted by atomic mass is 32.2. The van der Waals surface area contributed by atoms with Gasteiger partial charge in [-0.15, -0.1) is 0 Å². The topological polar surface area (TPSA) is 142 Å². The summed E-state index contributed by atoms with van der Waals surface area (Å²) in [6.45, 7) is 0.236. The Bertz CT molecular complexity index is 1350. The number of nitrogens with one attached hydrogen (secondary N) is 1. The van der Waals surface area contributed by atoms with E-state index in [2.05, 4.69) is 14.7 Å². The molecule has 14 heteroatoms. The summed E-state index contributed by atoms with van der Waals surface area (Å²) in [5, 5.41) is 21.1. The third-order valence-electron chi connectivity index (χ3n) is 5.66. The van der Waals surface area contributed by atoms with Gasteiger partial charge in [0.05, 0.1) is 11.5 Å². The highest BCUT2D eigenvalue weighted by Crippen LogP contribution is 2.29. The number of hydrogen-bond donors (Lipinski definition) is 3. The number of hydrogen-bond acceptors (Lipinski definition) is 9. The number of aliphatic hydroxyl groups excluding tert-OH is 2. The van der Waals surface area contributed by atoms with E-state index in [0.717, 1.165) is 42.9 Å². The molecule has 2 unspecified atom stereocenters. The van der Waals surface area contributed by atoms with Crippen LogP contribution in [-0.2, 0) is 14.8 Å². The molecule has 2 atom stereocenters. The van der Waals surface area contributed by atoms with Crippen LogP contribution in [0.1, 0.15) is 42.9 Å². The summed E-state index contributed by atoms with van der Waals surface area (Å²) in [5.41, 5.74) is 0.193. The van der Waals surface area contributed by atoms with Crippen LogP contribution in [-0.4, -0.2) is 57.9 Å². The van der Waals surface area contributed by atoms with Crippen LogP contribution in [0.3, 0.4) is 0 Å². The Morgan fingerprint density at radius 1 is 1.14 bits per heavy atom. The molecule has 1 aliphatic heterocycles. The van der Waals surface area contributed by atoms with Crippen LogP contribution in [0.5, 0.6) is 5.75 Å². The summed E-state index contributed by atoms with van der Waals surface area (Å²) in [6.07, 6.45) is -0.300. The normalized spacial score (nSPS) is 16.2. The second kappa shape index (κ2) is 11.6. The molecule has 0 saturated carbocycles. The number of piperidine rings is 1. The predicted octanol–water partition coefficient (Wildman–Crippen LogP) is 2.78. The first-order valence-corrected chi connectivity index (χ1v) is 13.6. The fourth-order valence-corrected chi connectivity index (χ4v) is 5.85. The number of halogens is 2. The minimum Gasteiger partial charge on any atom is -0.473 e. The maximum Gasteiger partial charge on any atom is 0.271 e. The van der Waals surface area contributed by atoms with Crippen molar-refractivity contribution in [1.29, 1.82) is 0 Å². The Morgan fingerprint density at radius 2 is 1.84 bits per heavy atom. The number of ether oxygens (including phenoxy) is 1. The smallest absolute Gasteiger partial charge is 0.271 e. The van der Waals surface area contributed by atoms with Crippen LogP contribution in [0.2, 0.25) is 0 Å². The van der Waals surface area contributed by atoms with E-state index in [1.807, 2.05) is 0 Å². The van der Waals surface area contributed by atoms with Crippen molar-refractivity contribution in [3.63, 3.8) is 0 Å². The molecule has 4 rings (SSSR count). The lowest BCUT2D eigenvalue weighted by atomic mass is 10.1. The van der Waals surface area contributed by atoms with Gasteiger partial charge in [-0.2, -0.15) is 8.68 Å². The van der Waals surface area contributed by atoms with Gasteiger partial charge in [-0.05, 0) is 37.1 Å². The Hall–Kier alpha value is -3.04. The Morgan fingerprint density at radius 3 is 2.49 bits per heavy atom. The van der Waals surface area contributed by atoms with Gasteiger partial charge in [-0.3, -0.25) is 10.1 Å². The quantitative estimate of drug-likeness (QED) is 0.367. The first-order chi connectivity index (χ1) is 17.7. The molecule has 3 aromatic rings. The van der Waals surface area contributed by atoms with Crippen molar-refractivity contribution in [3.8, 4) is 5.75 Å². The molecule has 1 aromatic heterocycles. The number of aromatic nitrogens is 2. The van der Waals surface area contributed by atoms with Crippen molar-refractivity contribution in [2.75, 3.05) is 25.0 Å². The summed E-state index contributed by atoms with van der Waals surface area (Å²) < 4.78 is 64.5. The van der Waals surface area contributed by atoms with E-state index in [1.54, 1.807) is 0 Å². The van der Waals surface area contributed by atoms with E-state index in [9.17, 15) is 27.1 Å². The van der Waals surface area contributed by atoms with Gasteiger partial charge in [0.2, 0.25) is 21.3 Å². The van der Waals surface area contributed by atoms with Crippen LogP contribution in [0.4, 0.5) is 13.9 Å². The average Bonchev–Trinajstić information content (AvgIpc) is 3.36. The summed E-state index contributed by atoms with van der Waals surface area (Å²) in [7, 11) is -3.72. The molecule has 3 N–H and O–H groups in total. The Balaban J connectivity index is 1.61. The number of carbonyl (C=O) groups excluding carboxylic acids is 1. The number of benzene rings is 2. The largest absolute Gasteiger partial charge is 0.473 e. The van der Waals surface area contributed by atoms with Gasteiger partial charge in [0.25, 0.3) is 5.91 Å². The number of sulfonamides is 1. The number of carbonyl (C=O) groups is 1. The second-order valence-electron chi connectivity index (χ2n) is 8.25. The predicted molar refractivity (Wildman–Crippen MR) is 129 cm³/mol. The SMILES string of the molecule is O=C(Nc1nc(C(O)CO)ns1)C(Oc1ccc(F)cc1F)c1ccc(S(=O)(=O)N2CCCCC2)cc1. The zero-order valence-electron chi connectivity index (χ0n) is 19.4. The van der Waals surface area contributed by atoms with E-state index in [-0.39, 0.29) is 21.4 Å². The number of nitrogens with zero attached hydrogens (tertiary/aromatic N) is 3. The average molecular weight is 555 g/mol. The maximum absolute atomic E-state index is 14.3. The number of anilines is 1. The van der Waals surface area contributed by atoms with Gasteiger partial charge in [-0.1, -0.05) is 18.6 Å². The highest BCUT2D eigenvalue weighted by Gasteiger charge is 2.29. The molecule has 1 fully saturated rings. The fraction of sp³-hybridized carbons (Fsp3) is 0.348. The van der Waals surface area contributed by atoms with Crippen LogP contribution in [0, 0.1) is 11.6 Å². The molecule has 1 aliphatic rings. The number of rotatable bonds is 9. The van der Waals surface area contributed by atoms with Crippen molar-refractivity contribution >= 4 is 32.6 Å². The molecule has 1 amide bonds. The fourth-order valence-electron chi connectivity index (χ4n) is 3.71. The minimum absolute atomic E-state index is 0.0232. The molecule has 10 nitrogen and oxygen atoms in total. The number of amides is 1. The van der Waals surface area contributed by atoms with Crippen molar-refractivity contribution in [2.24, 2.45) is 0 Å². The zero-order chi connectivity index (χ0) is 26.6. The first-order valence-electron chi connectivity index (χ1n) is 11.3. The minimum atomic E-state index is -3.72. The lowest BCUT2D eigenvalue weighted by molar-refractivity contribution is -0.123. The van der Waals surface area contributed by atoms with Gasteiger partial charge in [0.15, 0.2) is 17.4 Å². The van der Waals surface area contributed by atoms with Crippen molar-refractivity contribution in [2.45, 2.75) is 36.4 Å². The van der Waals surface area contributed by atoms with Crippen LogP contribution >= 0.6 is 11.5 Å². The van der Waals surface area contributed by atoms with Gasteiger partial charge < -0.3 is 14.9 Å². The molecule has 0 radical (unpaired) electrons. The monoisotopic (exact) mass is 554 g/mol. The Kier molecular flexibility index (Phi) is 8.44. The summed E-state index contributed by atoms with van der Waals surface area (Å²) in [4.78, 5) is 17.1. The lowest BCUT2D eigenvalue weighted by Crippen LogP contribution is -2.35. The molecule has 2 aromatic carbocycles. The highest BCUT2D eigenvalue weighted by molar-refractivity contribution is 7.89. The van der Waals surface area contributed by atoms with Crippen LogP contribution < -0.4 is 10.1 Å². The van der Waals surface area contributed by atoms with Gasteiger partial charge in [0, 0.05) is 36.3 Å². The number of aliphatic hydroxyl groups is 2. The van der Waals surface area contributed by atoms with Crippen LogP contribution in [0.25, 0.3) is 0 Å². The molecular weight excluding hydrogens is 530 g/mol. The van der Waals surface area contributed by atoms with Crippen LogP contribution in [0.15, 0.2) is 47.4 Å². The van der Waals surface area contributed by atoms with Gasteiger partial charge >= 0.3 is 0 Å². The molecule has 0 aliphatic carbocycles. The Labute approximate surface area is 215 Å². The van der Waals surface area contributed by atoms with E-state index < -0.39 is 52.1 Å². The van der Waals surface area contributed by atoms with E-state index in [4.69, 9.17) is 9.84 Å². The van der Waals surface area contributed by atoms with E-state index in [0.29, 0.717) is 19.2 Å². The summed E-state index contributed by atoms with van der Waals surface area (Å²) >= 11 is 0.739. The molecule has 0 bridgehead atoms. The van der Waals surface area contributed by atoms with Crippen molar-refractivity contribution in [1.82, 2.24) is 13.7 Å². The molecule has 2 heterocycles.